The number of benzene rings is 1. The van der Waals surface area contributed by atoms with E-state index in [1.807, 2.05) is 24.3 Å². The molecule has 0 spiro atoms. The highest BCUT2D eigenvalue weighted by Crippen LogP contribution is 2.20. The van der Waals surface area contributed by atoms with Crippen molar-refractivity contribution in [1.29, 1.82) is 0 Å². The molecule has 1 aromatic carbocycles. The Morgan fingerprint density at radius 1 is 1.21 bits per heavy atom. The molecule has 0 fully saturated rings. The van der Waals surface area contributed by atoms with Gasteiger partial charge in [0.15, 0.2) is 0 Å². The zero-order chi connectivity index (χ0) is 13.9. The molecule has 5 heteroatoms. The molecule has 0 atom stereocenters. The first-order chi connectivity index (χ1) is 9.22. The van der Waals surface area contributed by atoms with Gasteiger partial charge in [-0.15, -0.1) is 11.8 Å². The van der Waals surface area contributed by atoms with Gasteiger partial charge in [-0.05, 0) is 43.5 Å². The molecular weight excluding hydrogens is 282 g/mol. The minimum absolute atomic E-state index is 0.0884. The van der Waals surface area contributed by atoms with Crippen molar-refractivity contribution in [1.82, 2.24) is 5.32 Å². The normalized spacial score (nSPS) is 10.4. The Kier molecular flexibility index (Phi) is 8.71. The van der Waals surface area contributed by atoms with Crippen LogP contribution < -0.4 is 5.32 Å². The van der Waals surface area contributed by atoms with Crippen LogP contribution in [-0.2, 0) is 4.79 Å². The van der Waals surface area contributed by atoms with E-state index in [-0.39, 0.29) is 12.5 Å². The molecule has 0 aliphatic rings. The maximum absolute atomic E-state index is 11.5. The molecule has 1 amide bonds. The zero-order valence-electron chi connectivity index (χ0n) is 10.9. The van der Waals surface area contributed by atoms with Crippen molar-refractivity contribution >= 4 is 29.3 Å². The Bertz CT molecular complexity index is 370. The van der Waals surface area contributed by atoms with Gasteiger partial charge in [-0.2, -0.15) is 0 Å². The van der Waals surface area contributed by atoms with Gasteiger partial charge in [-0.1, -0.05) is 11.6 Å². The molecule has 0 aromatic heterocycles. The highest BCUT2D eigenvalue weighted by atomic mass is 35.5. The van der Waals surface area contributed by atoms with E-state index in [1.165, 1.54) is 0 Å². The third kappa shape index (κ3) is 8.14. The van der Waals surface area contributed by atoms with Crippen molar-refractivity contribution in [3.63, 3.8) is 0 Å². The van der Waals surface area contributed by atoms with Gasteiger partial charge in [-0.3, -0.25) is 4.79 Å². The smallest absolute Gasteiger partial charge is 0.220 e. The van der Waals surface area contributed by atoms with Gasteiger partial charge in [0, 0.05) is 35.2 Å². The summed E-state index contributed by atoms with van der Waals surface area (Å²) < 4.78 is 0. The van der Waals surface area contributed by atoms with Crippen LogP contribution in [0.5, 0.6) is 0 Å². The standard InChI is InChI=1S/C14H20ClNO2S/c15-12-4-6-13(7-5-12)19-11-8-14(18)16-9-2-1-3-10-17/h4-7,17H,1-3,8-11H2,(H,16,18). The minimum Gasteiger partial charge on any atom is -0.396 e. The van der Waals surface area contributed by atoms with Gasteiger partial charge in [0.2, 0.25) is 5.91 Å². The topological polar surface area (TPSA) is 49.3 Å². The summed E-state index contributed by atoms with van der Waals surface area (Å²) in [6.45, 7) is 0.927. The lowest BCUT2D eigenvalue weighted by atomic mass is 10.2. The lowest BCUT2D eigenvalue weighted by Crippen LogP contribution is -2.24. The Balaban J connectivity index is 2.05. The van der Waals surface area contributed by atoms with Crippen LogP contribution in [0, 0.1) is 0 Å². The quantitative estimate of drug-likeness (QED) is 0.544. The molecule has 0 unspecified atom stereocenters. The number of thioether (sulfide) groups is 1. The van der Waals surface area contributed by atoms with Crippen molar-refractivity contribution in [3.8, 4) is 0 Å². The number of hydrogen-bond donors (Lipinski definition) is 2. The van der Waals surface area contributed by atoms with Gasteiger partial charge in [0.05, 0.1) is 0 Å². The molecule has 0 radical (unpaired) electrons. The minimum atomic E-state index is 0.0884. The van der Waals surface area contributed by atoms with E-state index in [0.717, 1.165) is 34.9 Å². The Hall–Kier alpha value is -0.710. The highest BCUT2D eigenvalue weighted by Gasteiger charge is 2.01. The summed E-state index contributed by atoms with van der Waals surface area (Å²) in [5.41, 5.74) is 0. The van der Waals surface area contributed by atoms with Crippen molar-refractivity contribution in [2.75, 3.05) is 18.9 Å². The van der Waals surface area contributed by atoms with Crippen LogP contribution in [0.1, 0.15) is 25.7 Å². The molecule has 0 aliphatic carbocycles. The number of halogens is 1. The summed E-state index contributed by atoms with van der Waals surface area (Å²) in [5.74, 6) is 0.856. The van der Waals surface area contributed by atoms with Crippen LogP contribution in [0.2, 0.25) is 5.02 Å². The molecule has 0 aliphatic heterocycles. The van der Waals surface area contributed by atoms with E-state index in [4.69, 9.17) is 16.7 Å². The SMILES string of the molecule is O=C(CCSc1ccc(Cl)cc1)NCCCCCO. The lowest BCUT2D eigenvalue weighted by Gasteiger charge is -2.05. The van der Waals surface area contributed by atoms with Gasteiger partial charge in [0.1, 0.15) is 0 Å². The van der Waals surface area contributed by atoms with Crippen LogP contribution in [-0.4, -0.2) is 29.9 Å². The molecule has 1 aromatic rings. The Labute approximate surface area is 123 Å². The predicted octanol–water partition coefficient (Wildman–Crippen LogP) is 3.10. The number of carbonyl (C=O) groups is 1. The second-order valence-corrected chi connectivity index (χ2v) is 5.79. The summed E-state index contributed by atoms with van der Waals surface area (Å²) in [4.78, 5) is 12.7. The molecule has 0 bridgehead atoms. The first-order valence-corrected chi connectivity index (χ1v) is 7.84. The molecule has 19 heavy (non-hydrogen) atoms. The van der Waals surface area contributed by atoms with Gasteiger partial charge < -0.3 is 10.4 Å². The summed E-state index contributed by atoms with van der Waals surface area (Å²) in [6, 6.07) is 7.62. The van der Waals surface area contributed by atoms with E-state index < -0.39 is 0 Å². The number of aliphatic hydroxyl groups excluding tert-OH is 1. The number of aliphatic hydroxyl groups is 1. The van der Waals surface area contributed by atoms with E-state index in [1.54, 1.807) is 11.8 Å². The van der Waals surface area contributed by atoms with Crippen LogP contribution in [0.3, 0.4) is 0 Å². The van der Waals surface area contributed by atoms with Gasteiger partial charge in [0.25, 0.3) is 0 Å². The molecule has 0 heterocycles. The first-order valence-electron chi connectivity index (χ1n) is 6.48. The average molecular weight is 302 g/mol. The van der Waals surface area contributed by atoms with Crippen LogP contribution in [0.4, 0.5) is 0 Å². The molecule has 0 saturated heterocycles. The van der Waals surface area contributed by atoms with Crippen molar-refractivity contribution in [2.45, 2.75) is 30.6 Å². The summed E-state index contributed by atoms with van der Waals surface area (Å²) in [7, 11) is 0. The summed E-state index contributed by atoms with van der Waals surface area (Å²) in [6.07, 6.45) is 3.21. The number of amides is 1. The van der Waals surface area contributed by atoms with E-state index in [2.05, 4.69) is 5.32 Å². The number of carbonyl (C=O) groups excluding carboxylic acids is 1. The Morgan fingerprint density at radius 2 is 1.95 bits per heavy atom. The van der Waals surface area contributed by atoms with Crippen LogP contribution >= 0.6 is 23.4 Å². The zero-order valence-corrected chi connectivity index (χ0v) is 12.5. The van der Waals surface area contributed by atoms with Crippen molar-refractivity contribution in [3.05, 3.63) is 29.3 Å². The molecule has 106 valence electrons. The fourth-order valence-corrected chi connectivity index (χ4v) is 2.50. The largest absolute Gasteiger partial charge is 0.396 e. The molecular formula is C14H20ClNO2S. The fraction of sp³-hybridized carbons (Fsp3) is 0.500. The second-order valence-electron chi connectivity index (χ2n) is 4.19. The number of rotatable bonds is 9. The highest BCUT2D eigenvalue weighted by molar-refractivity contribution is 7.99. The van der Waals surface area contributed by atoms with Crippen molar-refractivity contribution in [2.24, 2.45) is 0 Å². The lowest BCUT2D eigenvalue weighted by molar-refractivity contribution is -0.120. The first kappa shape index (κ1) is 16.3. The maximum Gasteiger partial charge on any atom is 0.220 e. The molecule has 3 nitrogen and oxygen atoms in total. The van der Waals surface area contributed by atoms with Gasteiger partial charge >= 0.3 is 0 Å². The Morgan fingerprint density at radius 3 is 2.63 bits per heavy atom. The van der Waals surface area contributed by atoms with Crippen molar-refractivity contribution < 1.29 is 9.90 Å². The fourth-order valence-electron chi connectivity index (χ4n) is 1.52. The van der Waals surface area contributed by atoms with Gasteiger partial charge in [-0.25, -0.2) is 0 Å². The van der Waals surface area contributed by atoms with Crippen LogP contribution in [0.15, 0.2) is 29.2 Å². The molecule has 1 rings (SSSR count). The number of hydrogen-bond acceptors (Lipinski definition) is 3. The summed E-state index contributed by atoms with van der Waals surface area (Å²) >= 11 is 7.45. The summed E-state index contributed by atoms with van der Waals surface area (Å²) in [5, 5.41) is 12.2. The van der Waals surface area contributed by atoms with Crippen LogP contribution in [0.25, 0.3) is 0 Å². The number of nitrogens with one attached hydrogen (secondary N) is 1. The molecule has 2 N–H and O–H groups in total. The van der Waals surface area contributed by atoms with E-state index >= 15 is 0 Å². The third-order valence-corrected chi connectivity index (χ3v) is 3.83. The van der Waals surface area contributed by atoms with E-state index in [9.17, 15) is 4.79 Å². The molecule has 0 saturated carbocycles. The second kappa shape index (κ2) is 10.1. The number of unbranched alkanes of at least 4 members (excludes halogenated alkanes) is 2. The van der Waals surface area contributed by atoms with E-state index in [0.29, 0.717) is 13.0 Å². The average Bonchev–Trinajstić information content (AvgIpc) is 2.41. The third-order valence-electron chi connectivity index (χ3n) is 2.57. The monoisotopic (exact) mass is 301 g/mol. The predicted molar refractivity (Wildman–Crippen MR) is 80.7 cm³/mol. The maximum atomic E-state index is 11.5.